The molecule has 1 aromatic carbocycles. The van der Waals surface area contributed by atoms with Gasteiger partial charge in [-0.05, 0) is 43.8 Å². The second kappa shape index (κ2) is 8.51. The molecule has 2 aliphatic rings. The Hall–Kier alpha value is -1.75. The summed E-state index contributed by atoms with van der Waals surface area (Å²) >= 11 is 0. The molecule has 150 valence electrons. The van der Waals surface area contributed by atoms with E-state index in [9.17, 15) is 23.3 Å². The molecule has 3 N–H and O–H groups in total. The molecule has 1 amide bonds. The molecule has 9 nitrogen and oxygen atoms in total. The molecule has 27 heavy (non-hydrogen) atoms. The molecular formula is C16H23ClN4O5S. The third kappa shape index (κ3) is 4.75. The average Bonchev–Trinajstić information content (AvgIpc) is 3.32. The molecule has 1 atom stereocenters. The van der Waals surface area contributed by atoms with Crippen molar-refractivity contribution in [2.24, 2.45) is 11.3 Å². The van der Waals surface area contributed by atoms with Crippen LogP contribution in [0.4, 0.5) is 5.69 Å². The number of benzene rings is 1. The molecule has 3 rings (SSSR count). The van der Waals surface area contributed by atoms with Gasteiger partial charge in [0.25, 0.3) is 5.69 Å². The molecule has 0 aromatic heterocycles. The zero-order valence-corrected chi connectivity index (χ0v) is 16.3. The summed E-state index contributed by atoms with van der Waals surface area (Å²) in [6, 6.07) is 5.16. The van der Waals surface area contributed by atoms with Crippen molar-refractivity contribution in [1.29, 1.82) is 0 Å². The van der Waals surface area contributed by atoms with E-state index in [0.29, 0.717) is 0 Å². The lowest BCUT2D eigenvalue weighted by molar-refractivity contribution is -0.387. The monoisotopic (exact) mass is 418 g/mol. The van der Waals surface area contributed by atoms with Crippen LogP contribution in [0, 0.1) is 21.4 Å². The van der Waals surface area contributed by atoms with Gasteiger partial charge in [-0.2, -0.15) is 0 Å². The topological polar surface area (TPSA) is 130 Å². The van der Waals surface area contributed by atoms with Crippen LogP contribution in [0.25, 0.3) is 0 Å². The maximum absolute atomic E-state index is 12.3. The maximum Gasteiger partial charge on any atom is 0.289 e. The van der Waals surface area contributed by atoms with Crippen molar-refractivity contribution >= 4 is 34.0 Å². The van der Waals surface area contributed by atoms with Crippen LogP contribution in [0.3, 0.4) is 0 Å². The molecule has 0 radical (unpaired) electrons. The van der Waals surface area contributed by atoms with Crippen LogP contribution in [0.2, 0.25) is 0 Å². The van der Waals surface area contributed by atoms with Gasteiger partial charge < -0.3 is 10.6 Å². The summed E-state index contributed by atoms with van der Waals surface area (Å²) in [5.41, 5.74) is -0.352. The molecule has 11 heteroatoms. The van der Waals surface area contributed by atoms with Crippen molar-refractivity contribution in [3.8, 4) is 0 Å². The van der Waals surface area contributed by atoms with E-state index in [1.165, 1.54) is 18.2 Å². The fourth-order valence-corrected chi connectivity index (χ4v) is 4.80. The Morgan fingerprint density at radius 2 is 1.93 bits per heavy atom. The summed E-state index contributed by atoms with van der Waals surface area (Å²) in [4.78, 5) is 22.1. The van der Waals surface area contributed by atoms with E-state index in [0.717, 1.165) is 38.4 Å². The number of nitro benzene ring substituents is 1. The van der Waals surface area contributed by atoms with Gasteiger partial charge in [0.2, 0.25) is 15.9 Å². The predicted molar refractivity (Wildman–Crippen MR) is 101 cm³/mol. The standard InChI is InChI=1S/C16H22N4O5S.ClH/c21-15(12-11-16(12)5-7-17-8-6-16)18-9-10-19-26(24,25)14-4-2-1-3-13(14)20(22)23;/h1-4,12,17,19H,5-11H2,(H,18,21);1H. The normalized spacial score (nSPS) is 20.5. The SMILES string of the molecule is Cl.O=C(NCCNS(=O)(=O)c1ccccc1[N+](=O)[O-])C1CC12CCNCC2. The minimum Gasteiger partial charge on any atom is -0.355 e. The first kappa shape index (κ1) is 21.5. The molecule has 2 fully saturated rings. The number of para-hydroxylation sites is 1. The van der Waals surface area contributed by atoms with Crippen LogP contribution in [0.1, 0.15) is 19.3 Å². The van der Waals surface area contributed by atoms with Crippen LogP contribution in [0.5, 0.6) is 0 Å². The highest BCUT2D eigenvalue weighted by molar-refractivity contribution is 7.89. The molecule has 1 spiro atoms. The summed E-state index contributed by atoms with van der Waals surface area (Å²) in [6.07, 6.45) is 2.88. The first-order valence-electron chi connectivity index (χ1n) is 8.57. The zero-order chi connectivity index (χ0) is 18.8. The van der Waals surface area contributed by atoms with E-state index in [1.807, 2.05) is 0 Å². The first-order chi connectivity index (χ1) is 12.4. The number of carbonyl (C=O) groups excluding carboxylic acids is 1. The third-order valence-corrected chi connectivity index (χ3v) is 6.68. The van der Waals surface area contributed by atoms with E-state index in [1.54, 1.807) is 0 Å². The van der Waals surface area contributed by atoms with Crippen molar-refractivity contribution in [3.05, 3.63) is 34.4 Å². The van der Waals surface area contributed by atoms with Crippen LogP contribution in [0.15, 0.2) is 29.2 Å². The number of halogens is 1. The number of nitrogens with one attached hydrogen (secondary N) is 3. The number of nitro groups is 1. The molecule has 1 saturated heterocycles. The number of sulfonamides is 1. The van der Waals surface area contributed by atoms with Crippen molar-refractivity contribution in [3.63, 3.8) is 0 Å². The zero-order valence-electron chi connectivity index (χ0n) is 14.6. The van der Waals surface area contributed by atoms with Crippen molar-refractivity contribution < 1.29 is 18.1 Å². The Morgan fingerprint density at radius 3 is 2.59 bits per heavy atom. The summed E-state index contributed by atoms with van der Waals surface area (Å²) < 4.78 is 26.8. The van der Waals surface area contributed by atoms with Crippen molar-refractivity contribution in [2.45, 2.75) is 24.2 Å². The van der Waals surface area contributed by atoms with E-state index in [-0.39, 0.29) is 47.6 Å². The number of hydrogen-bond acceptors (Lipinski definition) is 6. The van der Waals surface area contributed by atoms with E-state index < -0.39 is 20.6 Å². The largest absolute Gasteiger partial charge is 0.355 e. The Morgan fingerprint density at radius 1 is 1.26 bits per heavy atom. The lowest BCUT2D eigenvalue weighted by Crippen LogP contribution is -2.37. The van der Waals surface area contributed by atoms with E-state index >= 15 is 0 Å². The van der Waals surface area contributed by atoms with Gasteiger partial charge in [-0.25, -0.2) is 13.1 Å². The highest BCUT2D eigenvalue weighted by Gasteiger charge is 2.57. The second-order valence-electron chi connectivity index (χ2n) is 6.78. The molecule has 1 heterocycles. The molecule has 1 aliphatic carbocycles. The summed E-state index contributed by atoms with van der Waals surface area (Å²) in [5.74, 6) is -0.0341. The fraction of sp³-hybridized carbons (Fsp3) is 0.562. The van der Waals surface area contributed by atoms with Crippen molar-refractivity contribution in [2.75, 3.05) is 26.2 Å². The van der Waals surface area contributed by atoms with Gasteiger partial charge in [0, 0.05) is 25.1 Å². The summed E-state index contributed by atoms with van der Waals surface area (Å²) in [7, 11) is -4.02. The van der Waals surface area contributed by atoms with Crippen LogP contribution in [-0.4, -0.2) is 45.4 Å². The number of piperidine rings is 1. The highest BCUT2D eigenvalue weighted by Crippen LogP contribution is 2.58. The lowest BCUT2D eigenvalue weighted by atomic mass is 9.92. The molecule has 1 aromatic rings. The number of hydrogen-bond donors (Lipinski definition) is 3. The molecule has 1 saturated carbocycles. The average molecular weight is 419 g/mol. The van der Waals surface area contributed by atoms with E-state index in [2.05, 4.69) is 15.4 Å². The molecular weight excluding hydrogens is 396 g/mol. The van der Waals surface area contributed by atoms with Gasteiger partial charge in [-0.15, -0.1) is 12.4 Å². The summed E-state index contributed by atoms with van der Waals surface area (Å²) in [5, 5.41) is 17.0. The smallest absolute Gasteiger partial charge is 0.289 e. The van der Waals surface area contributed by atoms with Crippen LogP contribution in [-0.2, 0) is 14.8 Å². The Balaban J connectivity index is 0.00000261. The minimum atomic E-state index is -4.02. The van der Waals surface area contributed by atoms with Gasteiger partial charge in [0.1, 0.15) is 0 Å². The van der Waals surface area contributed by atoms with Gasteiger partial charge in [0.15, 0.2) is 4.90 Å². The highest BCUT2D eigenvalue weighted by atomic mass is 35.5. The Bertz CT molecular complexity index is 811. The van der Waals surface area contributed by atoms with Gasteiger partial charge in [-0.1, -0.05) is 12.1 Å². The number of carbonyl (C=O) groups is 1. The predicted octanol–water partition coefficient (Wildman–Crippen LogP) is 0.801. The van der Waals surface area contributed by atoms with Crippen LogP contribution < -0.4 is 15.4 Å². The fourth-order valence-electron chi connectivity index (χ4n) is 3.60. The Labute approximate surface area is 163 Å². The lowest BCUT2D eigenvalue weighted by Gasteiger charge is -2.23. The molecule has 0 bridgehead atoms. The third-order valence-electron chi connectivity index (χ3n) is 5.17. The first-order valence-corrected chi connectivity index (χ1v) is 10.1. The van der Waals surface area contributed by atoms with Gasteiger partial charge in [0.05, 0.1) is 4.92 Å². The second-order valence-corrected chi connectivity index (χ2v) is 8.52. The molecule has 1 unspecified atom stereocenters. The van der Waals surface area contributed by atoms with Crippen molar-refractivity contribution in [1.82, 2.24) is 15.4 Å². The number of rotatable bonds is 7. The van der Waals surface area contributed by atoms with Crippen LogP contribution >= 0.6 is 12.4 Å². The Kier molecular flexibility index (Phi) is 6.79. The maximum atomic E-state index is 12.3. The van der Waals surface area contributed by atoms with E-state index in [4.69, 9.17) is 0 Å². The van der Waals surface area contributed by atoms with Gasteiger partial charge in [-0.3, -0.25) is 14.9 Å². The number of amides is 1. The number of nitrogens with zero attached hydrogens (tertiary/aromatic N) is 1. The van der Waals surface area contributed by atoms with Gasteiger partial charge >= 0.3 is 0 Å². The summed E-state index contributed by atoms with van der Waals surface area (Å²) in [6.45, 7) is 1.98. The quantitative estimate of drug-likeness (QED) is 0.341. The molecule has 1 aliphatic heterocycles. The minimum absolute atomic E-state index is 0.